The first-order chi connectivity index (χ1) is 18.6. The zero-order chi connectivity index (χ0) is 27.5. The van der Waals surface area contributed by atoms with E-state index < -0.39 is 10.0 Å². The molecule has 6 rings (SSSR count). The maximum absolute atomic E-state index is 13.9. The quantitative estimate of drug-likeness (QED) is 0.555. The van der Waals surface area contributed by atoms with E-state index in [-0.39, 0.29) is 34.1 Å². The summed E-state index contributed by atoms with van der Waals surface area (Å²) >= 11 is 6.00. The molecule has 0 aromatic heterocycles. The van der Waals surface area contributed by atoms with Gasteiger partial charge in [0.2, 0.25) is 15.9 Å². The van der Waals surface area contributed by atoms with Crippen LogP contribution < -0.4 is 0 Å². The summed E-state index contributed by atoms with van der Waals surface area (Å²) in [4.78, 5) is 18.5. The second kappa shape index (κ2) is 10.1. The normalized spacial score (nSPS) is 27.9. The van der Waals surface area contributed by atoms with Gasteiger partial charge in [-0.05, 0) is 106 Å². The number of nitrogens with zero attached hydrogens (tertiary/aromatic N) is 3. The Morgan fingerprint density at radius 3 is 2.38 bits per heavy atom. The third-order valence-electron chi connectivity index (χ3n) is 9.92. The summed E-state index contributed by atoms with van der Waals surface area (Å²) in [5, 5.41) is 10.9. The minimum absolute atomic E-state index is 0.0419. The third kappa shape index (κ3) is 4.77. The molecular weight excluding hydrogens is 534 g/mol. The Balaban J connectivity index is 1.19. The van der Waals surface area contributed by atoms with Gasteiger partial charge in [0, 0.05) is 48.1 Å². The van der Waals surface area contributed by atoms with Gasteiger partial charge in [0.1, 0.15) is 5.75 Å². The van der Waals surface area contributed by atoms with Crippen LogP contribution in [0.5, 0.6) is 5.75 Å². The van der Waals surface area contributed by atoms with Crippen molar-refractivity contribution >= 4 is 27.5 Å². The lowest BCUT2D eigenvalue weighted by molar-refractivity contribution is -0.135. The fourth-order valence-electron chi connectivity index (χ4n) is 7.51. The molecule has 1 amide bonds. The molecular formula is C30H38ClN3O4S. The van der Waals surface area contributed by atoms with Crippen LogP contribution in [0.2, 0.25) is 5.02 Å². The van der Waals surface area contributed by atoms with Crippen molar-refractivity contribution in [3.63, 3.8) is 0 Å². The van der Waals surface area contributed by atoms with Crippen LogP contribution in [-0.2, 0) is 26.7 Å². The average molecular weight is 572 g/mol. The molecule has 210 valence electrons. The number of likely N-dealkylation sites (N-methyl/N-ethyl adjacent to an activating group) is 1. The number of piperidine rings is 2. The van der Waals surface area contributed by atoms with Gasteiger partial charge >= 0.3 is 0 Å². The van der Waals surface area contributed by atoms with E-state index in [9.17, 15) is 18.3 Å². The minimum Gasteiger partial charge on any atom is -0.508 e. The van der Waals surface area contributed by atoms with Gasteiger partial charge in [0.15, 0.2) is 0 Å². The van der Waals surface area contributed by atoms with Gasteiger partial charge < -0.3 is 14.9 Å². The summed E-state index contributed by atoms with van der Waals surface area (Å²) in [5.41, 5.74) is 2.08. The predicted octanol–water partition coefficient (Wildman–Crippen LogP) is 4.41. The number of likely N-dealkylation sites (tertiary alicyclic amines) is 2. The summed E-state index contributed by atoms with van der Waals surface area (Å²) in [5.74, 6) is 0.688. The van der Waals surface area contributed by atoms with Crippen LogP contribution in [0.1, 0.15) is 56.6 Å². The molecule has 1 unspecified atom stereocenters. The van der Waals surface area contributed by atoms with Gasteiger partial charge in [-0.2, -0.15) is 4.31 Å². The number of benzene rings is 2. The fraction of sp³-hybridized carbons (Fsp3) is 0.567. The largest absolute Gasteiger partial charge is 0.508 e. The third-order valence-corrected chi connectivity index (χ3v) is 12.2. The fourth-order valence-corrected chi connectivity index (χ4v) is 9.56. The number of hydrogen-bond acceptors (Lipinski definition) is 5. The molecule has 2 aromatic rings. The molecule has 3 fully saturated rings. The molecule has 0 radical (unpaired) electrons. The lowest BCUT2D eigenvalue weighted by Gasteiger charge is -2.55. The highest BCUT2D eigenvalue weighted by Crippen LogP contribution is 2.51. The molecule has 2 heterocycles. The van der Waals surface area contributed by atoms with Crippen molar-refractivity contribution in [1.82, 2.24) is 14.1 Å². The number of phenolic OH excluding ortho intramolecular Hbond substituents is 1. The number of carbonyl (C=O) groups excluding carboxylic acids is 1. The highest BCUT2D eigenvalue weighted by Gasteiger charge is 2.52. The molecule has 2 aliphatic carbocycles. The summed E-state index contributed by atoms with van der Waals surface area (Å²) in [6.45, 7) is 4.31. The molecule has 2 bridgehead atoms. The van der Waals surface area contributed by atoms with Gasteiger partial charge in [-0.3, -0.25) is 4.79 Å². The molecule has 3 atom stereocenters. The summed E-state index contributed by atoms with van der Waals surface area (Å²) in [7, 11) is -1.46. The average Bonchev–Trinajstić information content (AvgIpc) is 3.74. The Labute approximate surface area is 236 Å². The Bertz CT molecular complexity index is 1350. The van der Waals surface area contributed by atoms with Crippen molar-refractivity contribution in [1.29, 1.82) is 0 Å². The molecule has 7 nitrogen and oxygen atoms in total. The molecule has 9 heteroatoms. The second-order valence-corrected chi connectivity index (χ2v) is 14.4. The lowest BCUT2D eigenvalue weighted by Crippen LogP contribution is -2.59. The van der Waals surface area contributed by atoms with Crippen LogP contribution in [0.4, 0.5) is 0 Å². The maximum Gasteiger partial charge on any atom is 0.243 e. The zero-order valence-electron chi connectivity index (χ0n) is 22.7. The minimum atomic E-state index is -3.63. The number of carbonyl (C=O) groups is 1. The summed E-state index contributed by atoms with van der Waals surface area (Å²) < 4.78 is 28.9. The van der Waals surface area contributed by atoms with Crippen molar-refractivity contribution in [2.24, 2.45) is 5.92 Å². The van der Waals surface area contributed by atoms with Crippen LogP contribution in [0.15, 0.2) is 47.4 Å². The molecule has 39 heavy (non-hydrogen) atoms. The van der Waals surface area contributed by atoms with Crippen LogP contribution in [0, 0.1) is 5.92 Å². The Morgan fingerprint density at radius 1 is 1.05 bits per heavy atom. The first-order valence-electron chi connectivity index (χ1n) is 14.2. The number of fused-ring (bicyclic) bond motifs is 4. The molecule has 0 spiro atoms. The first kappa shape index (κ1) is 27.1. The van der Waals surface area contributed by atoms with E-state index in [1.54, 1.807) is 34.6 Å². The predicted molar refractivity (Wildman–Crippen MR) is 151 cm³/mol. The molecule has 1 saturated carbocycles. The van der Waals surface area contributed by atoms with Crippen LogP contribution in [-0.4, -0.2) is 78.3 Å². The standard InChI is InChI=1S/C30H38ClN3O4S/c1-20-28-17-21-3-8-25(35)18-27(21)30(20,13-16-32(28)2)19-29(36)33-14-11-24(12-15-33)34(23-6-7-23)39(37,38)26-9-4-22(31)5-10-26/h3-5,8-10,18,20,23-24,28,35H,6-7,11-17,19H2,1-2H3/t20-,28+,30?/m0/s1. The summed E-state index contributed by atoms with van der Waals surface area (Å²) in [6.07, 6.45) is 5.29. The van der Waals surface area contributed by atoms with Gasteiger partial charge in [-0.15, -0.1) is 0 Å². The topological polar surface area (TPSA) is 81.2 Å². The van der Waals surface area contributed by atoms with E-state index in [1.165, 1.54) is 5.56 Å². The molecule has 2 aliphatic heterocycles. The molecule has 4 aliphatic rings. The van der Waals surface area contributed by atoms with Crippen molar-refractivity contribution in [3.05, 3.63) is 58.6 Å². The lowest BCUT2D eigenvalue weighted by atomic mass is 9.56. The van der Waals surface area contributed by atoms with Crippen molar-refractivity contribution < 1.29 is 18.3 Å². The second-order valence-electron chi connectivity index (χ2n) is 12.1. The van der Waals surface area contributed by atoms with Gasteiger partial charge in [0.25, 0.3) is 0 Å². The zero-order valence-corrected chi connectivity index (χ0v) is 24.3. The van der Waals surface area contributed by atoms with Gasteiger partial charge in [0.05, 0.1) is 4.90 Å². The van der Waals surface area contributed by atoms with Crippen LogP contribution in [0.25, 0.3) is 0 Å². The summed E-state index contributed by atoms with van der Waals surface area (Å²) in [6, 6.07) is 12.4. The number of sulfonamides is 1. The van der Waals surface area contributed by atoms with E-state index in [2.05, 4.69) is 18.9 Å². The van der Waals surface area contributed by atoms with E-state index in [1.807, 2.05) is 17.0 Å². The number of rotatable bonds is 6. The monoisotopic (exact) mass is 571 g/mol. The van der Waals surface area contributed by atoms with Crippen LogP contribution in [0.3, 0.4) is 0 Å². The van der Waals surface area contributed by atoms with Crippen molar-refractivity contribution in [2.75, 3.05) is 26.7 Å². The number of phenols is 1. The maximum atomic E-state index is 13.9. The number of aromatic hydroxyl groups is 1. The highest BCUT2D eigenvalue weighted by atomic mass is 35.5. The number of hydrogen-bond donors (Lipinski definition) is 1. The Kier molecular flexibility index (Phi) is 6.97. The first-order valence-corrected chi connectivity index (χ1v) is 16.0. The van der Waals surface area contributed by atoms with Crippen molar-refractivity contribution in [3.8, 4) is 5.75 Å². The molecule has 2 aromatic carbocycles. The number of amides is 1. The molecule has 1 N–H and O–H groups in total. The van der Waals surface area contributed by atoms with E-state index >= 15 is 0 Å². The Morgan fingerprint density at radius 2 is 1.72 bits per heavy atom. The van der Waals surface area contributed by atoms with E-state index in [4.69, 9.17) is 11.6 Å². The highest BCUT2D eigenvalue weighted by molar-refractivity contribution is 7.89. The van der Waals surface area contributed by atoms with E-state index in [0.29, 0.717) is 49.3 Å². The number of halogens is 1. The van der Waals surface area contributed by atoms with E-state index in [0.717, 1.165) is 37.8 Å². The van der Waals surface area contributed by atoms with Gasteiger partial charge in [-0.25, -0.2) is 8.42 Å². The smallest absolute Gasteiger partial charge is 0.243 e. The van der Waals surface area contributed by atoms with Gasteiger partial charge in [-0.1, -0.05) is 24.6 Å². The Hall–Kier alpha value is -2.13. The van der Waals surface area contributed by atoms with Crippen LogP contribution >= 0.6 is 11.6 Å². The molecule has 2 saturated heterocycles. The van der Waals surface area contributed by atoms with Crippen molar-refractivity contribution in [2.45, 2.75) is 80.3 Å². The SMILES string of the molecule is C[C@H]1[C@H]2Cc3ccc(O)cc3C1(CC(=O)N1CCC(N(C3CC3)S(=O)(=O)c3ccc(Cl)cc3)CC1)CCN2C.